The highest BCUT2D eigenvalue weighted by Gasteiger charge is 1.35. The summed E-state index contributed by atoms with van der Waals surface area (Å²) in [5, 5.41) is 0. The molecule has 0 aromatic carbocycles. The Bertz CT molecular complexity index is 46.0. The van der Waals surface area contributed by atoms with Crippen LogP contribution in [0.2, 0.25) is 0 Å². The molecule has 0 atom stereocenters. The largest absolute Gasteiger partial charge is 0.209 e. The van der Waals surface area contributed by atoms with Crippen LogP contribution in [-0.2, 0) is 10.8 Å². The lowest BCUT2D eigenvalue weighted by atomic mass is 10.8. The molecule has 0 N–H and O–H groups in total. The van der Waals surface area contributed by atoms with Crippen molar-refractivity contribution < 1.29 is 4.21 Å². The molecule has 0 radical (unpaired) electrons. The van der Waals surface area contributed by atoms with E-state index in [1.807, 2.05) is 0 Å². The van der Waals surface area contributed by atoms with Gasteiger partial charge in [0.05, 0.1) is 0 Å². The van der Waals surface area contributed by atoms with Gasteiger partial charge in [0.25, 0.3) is 0 Å². The van der Waals surface area contributed by atoms with Gasteiger partial charge in [0.15, 0.2) is 7.57 Å². The molecule has 0 heterocycles. The van der Waals surface area contributed by atoms with Gasteiger partial charge in [-0.1, -0.05) is 7.23 Å². The summed E-state index contributed by atoms with van der Waals surface area (Å²) in [7, 11) is 3.24. The highest BCUT2D eigenvalue weighted by molar-refractivity contribution is 8.10. The summed E-state index contributed by atoms with van der Waals surface area (Å²) in [5.41, 5.74) is 0. The quantitative estimate of drug-likeness (QED) is 0.293. The summed E-state index contributed by atoms with van der Waals surface area (Å²) in [5.74, 6) is 0. The van der Waals surface area contributed by atoms with Crippen LogP contribution < -0.4 is 0 Å². The Morgan fingerprint density at radius 2 is 2.25 bits per heavy atom. The van der Waals surface area contributed by atoms with Gasteiger partial charge in [-0.25, -0.2) is 4.21 Å². The fourth-order valence-electron chi connectivity index (χ4n) is 0. The zero-order valence-corrected chi connectivity index (χ0v) is 3.97. The first-order chi connectivity index (χ1) is 1.91. The predicted molar refractivity (Wildman–Crippen MR) is 23.6 cm³/mol. The van der Waals surface area contributed by atoms with E-state index in [0.29, 0.717) is 10.8 Å². The third kappa shape index (κ3) is 2.38. The lowest BCUT2D eigenvalue weighted by Gasteiger charge is -1.28. The van der Waals surface area contributed by atoms with Gasteiger partial charge in [-0.2, -0.15) is 0 Å². The zero-order valence-electron chi connectivity index (χ0n) is 2.26. The van der Waals surface area contributed by atoms with E-state index in [1.54, 1.807) is 7.57 Å². The third-order valence-electron chi connectivity index (χ3n) is 0.0745. The average Bonchev–Trinajstić information content (AvgIpc) is 1.37. The highest BCUT2D eigenvalue weighted by atomic mass is 32.4. The van der Waals surface area contributed by atoms with E-state index in [4.69, 9.17) is 0 Å². The van der Waals surface area contributed by atoms with Crippen molar-refractivity contribution in [2.75, 3.05) is 0 Å². The van der Waals surface area contributed by atoms with E-state index in [9.17, 15) is 4.21 Å². The molecule has 0 saturated carbocycles. The third-order valence-corrected chi connectivity index (χ3v) is 0.671. The van der Waals surface area contributed by atoms with E-state index in [2.05, 4.69) is 0 Å². The second-order valence-corrected chi connectivity index (χ2v) is 2.31. The molecule has 4 heteroatoms. The van der Waals surface area contributed by atoms with Crippen LogP contribution >= 0.6 is 7.23 Å². The Labute approximate surface area is 30.7 Å². The zero-order chi connectivity index (χ0) is 3.41. The molecule has 0 amide bonds. The van der Waals surface area contributed by atoms with E-state index in [-0.39, 0.29) is 0 Å². The minimum absolute atomic E-state index is 0.579. The van der Waals surface area contributed by atoms with E-state index in [1.165, 1.54) is 0 Å². The first kappa shape index (κ1) is 4.38. The molecule has 0 spiro atoms. The smallest absolute Gasteiger partial charge is 0.184 e. The van der Waals surface area contributed by atoms with E-state index in [0.717, 1.165) is 7.23 Å². The Kier molecular flexibility index (Phi) is 3.71. The molecule has 0 aliphatic rings. The van der Waals surface area contributed by atoms with Crippen molar-refractivity contribution in [3.05, 3.63) is 0 Å². The van der Waals surface area contributed by atoms with Crippen LogP contribution in [0, 0.1) is 0 Å². The molecule has 4 heavy (non-hydrogen) atoms. The van der Waals surface area contributed by atoms with Crippen LogP contribution in [0.15, 0.2) is 0 Å². The number of hydrogen-bond acceptors (Lipinski definition) is 1. The first-order valence-corrected chi connectivity index (χ1v) is 3.48. The number of hydrogen-bond donors (Lipinski definition) is 0. The predicted octanol–water partition coefficient (Wildman–Crippen LogP) is -0.391. The van der Waals surface area contributed by atoms with Gasteiger partial charge in [0.2, 0.25) is 0 Å². The Morgan fingerprint density at radius 3 is 2.25 bits per heavy atom. The molecule has 0 aliphatic carbocycles. The maximum Gasteiger partial charge on any atom is 0.184 e. The lowest BCUT2D eigenvalue weighted by molar-refractivity contribution is 0.701. The molecule has 0 unspecified atom stereocenters. The fraction of sp³-hybridized carbons (Fsp3) is 0. The molecule has 1 nitrogen and oxygen atoms in total. The van der Waals surface area contributed by atoms with Crippen molar-refractivity contribution in [2.24, 2.45) is 0 Å². The van der Waals surface area contributed by atoms with Crippen LogP contribution in [0.3, 0.4) is 0 Å². The normalized spacial score (nSPS) is 7.00. The van der Waals surface area contributed by atoms with Crippen molar-refractivity contribution in [1.82, 2.24) is 0 Å². The van der Waals surface area contributed by atoms with Crippen LogP contribution in [0.25, 0.3) is 0 Å². The van der Waals surface area contributed by atoms with Gasteiger partial charge in [-0.15, -0.1) is 0 Å². The van der Waals surface area contributed by atoms with Gasteiger partial charge < -0.3 is 0 Å². The minimum Gasteiger partial charge on any atom is -0.209 e. The summed E-state index contributed by atoms with van der Waals surface area (Å²) in [4.78, 5) is 0. The van der Waals surface area contributed by atoms with Gasteiger partial charge >= 0.3 is 0 Å². The van der Waals surface area contributed by atoms with Gasteiger partial charge in [0, 0.05) is 0 Å². The van der Waals surface area contributed by atoms with Crippen molar-refractivity contribution in [3.8, 4) is 0 Å². The van der Waals surface area contributed by atoms with Crippen LogP contribution in [0.4, 0.5) is 0 Å². The van der Waals surface area contributed by atoms with Crippen molar-refractivity contribution in [2.45, 2.75) is 0 Å². The summed E-state index contributed by atoms with van der Waals surface area (Å²) in [6, 6.07) is 0. The molecule has 0 aromatic rings. The molecular weight excluding hydrogens is 89.9 g/mol. The first-order valence-electron chi connectivity index (χ1n) is 0.796. The average molecular weight is 91.9 g/mol. The topological polar surface area (TPSA) is 17.1 Å². The Morgan fingerprint density at radius 1 is 2.00 bits per heavy atom. The van der Waals surface area contributed by atoms with Crippen LogP contribution in [0.1, 0.15) is 0 Å². The lowest BCUT2D eigenvalue weighted by Crippen LogP contribution is -1.19. The SMILES string of the molecule is BP=S=O. The van der Waals surface area contributed by atoms with Crippen LogP contribution in [-0.4, -0.2) is 11.8 Å². The molecule has 22 valence electrons. The van der Waals surface area contributed by atoms with E-state index >= 15 is 0 Å². The maximum atomic E-state index is 9.20. The molecular formula is H2BOPS. The van der Waals surface area contributed by atoms with Gasteiger partial charge in [-0.3, -0.25) is 0 Å². The van der Waals surface area contributed by atoms with Crippen LogP contribution in [0.5, 0.6) is 0 Å². The van der Waals surface area contributed by atoms with Crippen molar-refractivity contribution in [3.63, 3.8) is 0 Å². The summed E-state index contributed by atoms with van der Waals surface area (Å²) < 4.78 is 9.20. The van der Waals surface area contributed by atoms with Gasteiger partial charge in [0.1, 0.15) is 10.8 Å². The van der Waals surface area contributed by atoms with E-state index < -0.39 is 0 Å². The van der Waals surface area contributed by atoms with Crippen molar-refractivity contribution >= 4 is 25.6 Å². The second kappa shape index (κ2) is 3.38. The fourth-order valence-corrected chi connectivity index (χ4v) is 0. The Balaban J connectivity index is 3.11. The maximum absolute atomic E-state index is 9.20. The number of rotatable bonds is 0. The highest BCUT2D eigenvalue weighted by Crippen LogP contribution is 1.69. The minimum atomic E-state index is 0.579. The summed E-state index contributed by atoms with van der Waals surface area (Å²) in [6.07, 6.45) is 0. The molecule has 0 aromatic heterocycles. The molecule has 0 aliphatic heterocycles. The molecule has 0 bridgehead atoms. The van der Waals surface area contributed by atoms with Gasteiger partial charge in [-0.05, 0) is 0 Å². The monoisotopic (exact) mass is 92.0 g/mol. The summed E-state index contributed by atoms with van der Waals surface area (Å²) in [6.45, 7) is 0. The summed E-state index contributed by atoms with van der Waals surface area (Å²) >= 11 is 0. The Hall–Kier alpha value is 0.385. The molecule has 0 fully saturated rings. The molecule has 0 saturated heterocycles. The van der Waals surface area contributed by atoms with Crippen molar-refractivity contribution in [1.29, 1.82) is 0 Å². The standard InChI is InChI=1S/BH2OPS/c1-3-4-2/h1H2. The molecule has 0 rings (SSSR count). The second-order valence-electron chi connectivity index (χ2n) is 0.257.